The van der Waals surface area contributed by atoms with Gasteiger partial charge in [-0.3, -0.25) is 0 Å². The van der Waals surface area contributed by atoms with E-state index >= 15 is 0 Å². The minimum absolute atomic E-state index is 0.329. The fourth-order valence-corrected chi connectivity index (χ4v) is 1.60. The van der Waals surface area contributed by atoms with Crippen LogP contribution in [0.25, 0.3) is 0 Å². The highest BCUT2D eigenvalue weighted by atomic mass is 16.7. The van der Waals surface area contributed by atoms with Crippen molar-refractivity contribution >= 4 is 5.71 Å². The highest BCUT2D eigenvalue weighted by molar-refractivity contribution is 5.84. The lowest BCUT2D eigenvalue weighted by Crippen LogP contribution is -2.01. The van der Waals surface area contributed by atoms with Gasteiger partial charge in [0.2, 0.25) is 0 Å². The predicted molar refractivity (Wildman–Crippen MR) is 50.8 cm³/mol. The van der Waals surface area contributed by atoms with Crippen LogP contribution in [0.4, 0.5) is 0 Å². The number of nitrogens with zero attached hydrogens (tertiary/aromatic N) is 1. The normalized spacial score (nSPS) is 28.0. The maximum Gasteiger partial charge on any atom is 0.145 e. The summed E-state index contributed by atoms with van der Waals surface area (Å²) < 4.78 is 5.03. The molecular formula is C10H17NO2. The average Bonchev–Trinajstić information content (AvgIpc) is 2.91. The van der Waals surface area contributed by atoms with Gasteiger partial charge in [-0.25, -0.2) is 0 Å². The third kappa shape index (κ3) is 3.35. The molecule has 0 amide bonds. The fraction of sp³-hybridized carbons (Fsp3) is 0.900. The second kappa shape index (κ2) is 4.61. The lowest BCUT2D eigenvalue weighted by molar-refractivity contribution is 0.124. The zero-order valence-electron chi connectivity index (χ0n) is 8.00. The monoisotopic (exact) mass is 183 g/mol. The second-order valence-corrected chi connectivity index (χ2v) is 3.82. The summed E-state index contributed by atoms with van der Waals surface area (Å²) in [4.78, 5) is 5.22. The number of epoxide rings is 1. The topological polar surface area (TPSA) is 34.1 Å². The first-order valence-electron chi connectivity index (χ1n) is 5.24. The first kappa shape index (κ1) is 9.00. The zero-order chi connectivity index (χ0) is 8.93. The van der Waals surface area contributed by atoms with E-state index in [0.29, 0.717) is 12.7 Å². The lowest BCUT2D eigenvalue weighted by atomic mass is 10.2. The van der Waals surface area contributed by atoms with Crippen molar-refractivity contribution in [2.75, 3.05) is 13.2 Å². The molecule has 0 aromatic rings. The summed E-state index contributed by atoms with van der Waals surface area (Å²) in [5, 5.41) is 4.16. The molecule has 0 bridgehead atoms. The summed E-state index contributed by atoms with van der Waals surface area (Å²) in [6.45, 7) is 1.49. The van der Waals surface area contributed by atoms with Gasteiger partial charge in [0.1, 0.15) is 12.7 Å². The summed E-state index contributed by atoms with van der Waals surface area (Å²) in [6.07, 6.45) is 7.85. The molecule has 1 atom stereocenters. The Morgan fingerprint density at radius 3 is 2.54 bits per heavy atom. The van der Waals surface area contributed by atoms with Crippen LogP contribution in [-0.4, -0.2) is 25.0 Å². The van der Waals surface area contributed by atoms with Crippen LogP contribution in [0.3, 0.4) is 0 Å². The number of hydrogen-bond donors (Lipinski definition) is 0. The number of oxime groups is 1. The summed E-state index contributed by atoms with van der Waals surface area (Å²) in [5.41, 5.74) is 1.25. The Kier molecular flexibility index (Phi) is 3.19. The summed E-state index contributed by atoms with van der Waals surface area (Å²) in [7, 11) is 0. The van der Waals surface area contributed by atoms with Crippen LogP contribution in [0, 0.1) is 0 Å². The van der Waals surface area contributed by atoms with Crippen LogP contribution in [0.15, 0.2) is 5.16 Å². The van der Waals surface area contributed by atoms with E-state index in [-0.39, 0.29) is 0 Å². The van der Waals surface area contributed by atoms with Crippen molar-refractivity contribution in [3.63, 3.8) is 0 Å². The van der Waals surface area contributed by atoms with E-state index in [1.54, 1.807) is 0 Å². The van der Waals surface area contributed by atoms with Crippen LogP contribution in [0.5, 0.6) is 0 Å². The van der Waals surface area contributed by atoms with E-state index in [1.807, 2.05) is 0 Å². The predicted octanol–water partition coefficient (Wildman–Crippen LogP) is 2.11. The molecule has 2 aliphatic rings. The Morgan fingerprint density at radius 1 is 1.23 bits per heavy atom. The van der Waals surface area contributed by atoms with Crippen molar-refractivity contribution in [1.82, 2.24) is 0 Å². The zero-order valence-corrected chi connectivity index (χ0v) is 8.00. The second-order valence-electron chi connectivity index (χ2n) is 3.82. The maximum absolute atomic E-state index is 5.22. The van der Waals surface area contributed by atoms with Crippen LogP contribution in [0.2, 0.25) is 0 Å². The third-order valence-electron chi connectivity index (χ3n) is 2.54. The molecule has 1 saturated carbocycles. The Bertz CT molecular complexity index is 177. The van der Waals surface area contributed by atoms with Gasteiger partial charge in [-0.15, -0.1) is 0 Å². The van der Waals surface area contributed by atoms with Crippen LogP contribution < -0.4 is 0 Å². The largest absolute Gasteiger partial charge is 0.393 e. The Balaban J connectivity index is 1.68. The van der Waals surface area contributed by atoms with Crippen molar-refractivity contribution < 1.29 is 9.57 Å². The molecule has 3 nitrogen and oxygen atoms in total. The SMILES string of the molecule is C1CCCC(=NOC[C@H]2CO2)CC1. The van der Waals surface area contributed by atoms with Gasteiger partial charge in [0.25, 0.3) is 0 Å². The van der Waals surface area contributed by atoms with E-state index in [1.165, 1.54) is 31.4 Å². The Hall–Kier alpha value is -0.570. The highest BCUT2D eigenvalue weighted by Gasteiger charge is 2.23. The van der Waals surface area contributed by atoms with E-state index < -0.39 is 0 Å². The molecule has 0 unspecified atom stereocenters. The number of rotatable bonds is 3. The Morgan fingerprint density at radius 2 is 1.92 bits per heavy atom. The van der Waals surface area contributed by atoms with Crippen LogP contribution in [0.1, 0.15) is 38.5 Å². The number of hydrogen-bond acceptors (Lipinski definition) is 3. The standard InChI is InChI=1S/C10H17NO2/c1-2-4-6-9(5-3-1)11-13-8-10-7-12-10/h10H,1-8H2/t10-/m1/s1. The molecule has 74 valence electrons. The highest BCUT2D eigenvalue weighted by Crippen LogP contribution is 2.15. The molecule has 0 spiro atoms. The smallest absolute Gasteiger partial charge is 0.145 e. The van der Waals surface area contributed by atoms with Crippen LogP contribution >= 0.6 is 0 Å². The summed E-state index contributed by atoms with van der Waals surface area (Å²) in [6, 6.07) is 0. The number of ether oxygens (including phenoxy) is 1. The van der Waals surface area contributed by atoms with Crippen molar-refractivity contribution in [1.29, 1.82) is 0 Å². The molecule has 0 N–H and O–H groups in total. The minimum atomic E-state index is 0.329. The van der Waals surface area contributed by atoms with Gasteiger partial charge in [-0.2, -0.15) is 0 Å². The maximum atomic E-state index is 5.22. The molecule has 0 aromatic carbocycles. The molecule has 0 aromatic heterocycles. The molecule has 13 heavy (non-hydrogen) atoms. The van der Waals surface area contributed by atoms with Gasteiger partial charge >= 0.3 is 0 Å². The van der Waals surface area contributed by atoms with Gasteiger partial charge in [0, 0.05) is 0 Å². The molecule has 1 saturated heterocycles. The minimum Gasteiger partial charge on any atom is -0.393 e. The Labute approximate surface area is 79.1 Å². The molecular weight excluding hydrogens is 166 g/mol. The van der Waals surface area contributed by atoms with E-state index in [9.17, 15) is 0 Å². The summed E-state index contributed by atoms with van der Waals surface area (Å²) >= 11 is 0. The average molecular weight is 183 g/mol. The van der Waals surface area contributed by atoms with Crippen LogP contribution in [-0.2, 0) is 9.57 Å². The fourth-order valence-electron chi connectivity index (χ4n) is 1.60. The van der Waals surface area contributed by atoms with E-state index in [0.717, 1.165) is 19.4 Å². The first-order valence-corrected chi connectivity index (χ1v) is 5.24. The van der Waals surface area contributed by atoms with Gasteiger partial charge in [0.05, 0.1) is 12.3 Å². The first-order chi connectivity index (χ1) is 6.45. The van der Waals surface area contributed by atoms with Gasteiger partial charge < -0.3 is 9.57 Å². The lowest BCUT2D eigenvalue weighted by Gasteiger charge is -2.00. The molecule has 2 rings (SSSR count). The molecule has 3 heteroatoms. The van der Waals surface area contributed by atoms with Crippen molar-refractivity contribution in [2.45, 2.75) is 44.6 Å². The molecule has 1 aliphatic heterocycles. The molecule has 1 aliphatic carbocycles. The van der Waals surface area contributed by atoms with Gasteiger partial charge in [-0.1, -0.05) is 18.0 Å². The van der Waals surface area contributed by atoms with Crippen molar-refractivity contribution in [2.24, 2.45) is 5.16 Å². The quantitative estimate of drug-likeness (QED) is 0.381. The van der Waals surface area contributed by atoms with Gasteiger partial charge in [0.15, 0.2) is 0 Å². The summed E-state index contributed by atoms with van der Waals surface area (Å²) in [5.74, 6) is 0. The molecule has 0 radical (unpaired) electrons. The van der Waals surface area contributed by atoms with Crippen molar-refractivity contribution in [3.8, 4) is 0 Å². The van der Waals surface area contributed by atoms with Crippen molar-refractivity contribution in [3.05, 3.63) is 0 Å². The van der Waals surface area contributed by atoms with E-state index in [4.69, 9.17) is 9.57 Å². The van der Waals surface area contributed by atoms with E-state index in [2.05, 4.69) is 5.16 Å². The van der Waals surface area contributed by atoms with Gasteiger partial charge in [-0.05, 0) is 25.7 Å². The third-order valence-corrected chi connectivity index (χ3v) is 2.54. The molecule has 1 heterocycles. The molecule has 2 fully saturated rings.